The first-order valence-electron chi connectivity index (χ1n) is 11.8. The minimum atomic E-state index is -3.66. The van der Waals surface area contributed by atoms with Crippen LogP contribution in [-0.2, 0) is 16.3 Å². The standard InChI is InChI=1S/C28H32N2O3S/c1-22(2)26-21-30-19-7-6-11-27(30)28(26)34(31,32)25-14-12-24(13-15-25)33-20-8-17-29-18-16-23-9-4-3-5-10-23/h3-7,9-15,19,21-22,29H,8,16-18,20H2,1-2H3. The molecule has 0 spiro atoms. The van der Waals surface area contributed by atoms with Gasteiger partial charge in [-0.25, -0.2) is 8.42 Å². The van der Waals surface area contributed by atoms with E-state index in [-0.39, 0.29) is 10.8 Å². The summed E-state index contributed by atoms with van der Waals surface area (Å²) in [7, 11) is -3.66. The van der Waals surface area contributed by atoms with Crippen molar-refractivity contribution in [2.24, 2.45) is 0 Å². The van der Waals surface area contributed by atoms with E-state index in [1.807, 2.05) is 54.9 Å². The van der Waals surface area contributed by atoms with E-state index in [2.05, 4.69) is 29.6 Å². The van der Waals surface area contributed by atoms with Crippen LogP contribution in [0.15, 0.2) is 95.0 Å². The second kappa shape index (κ2) is 10.9. The summed E-state index contributed by atoms with van der Waals surface area (Å²) in [5.74, 6) is 0.766. The van der Waals surface area contributed by atoms with Crippen molar-refractivity contribution in [1.29, 1.82) is 0 Å². The highest BCUT2D eigenvalue weighted by atomic mass is 32.2. The number of benzene rings is 2. The van der Waals surface area contributed by atoms with Crippen molar-refractivity contribution in [3.8, 4) is 5.75 Å². The number of hydrogen-bond donors (Lipinski definition) is 1. The Morgan fingerprint density at radius 3 is 2.38 bits per heavy atom. The number of fused-ring (bicyclic) bond motifs is 1. The van der Waals surface area contributed by atoms with Crippen molar-refractivity contribution in [1.82, 2.24) is 9.72 Å². The number of pyridine rings is 1. The van der Waals surface area contributed by atoms with E-state index in [0.29, 0.717) is 22.8 Å². The molecule has 178 valence electrons. The molecule has 0 aliphatic heterocycles. The maximum Gasteiger partial charge on any atom is 0.209 e. The van der Waals surface area contributed by atoms with Gasteiger partial charge in [0.2, 0.25) is 9.84 Å². The number of rotatable bonds is 11. The molecular formula is C28H32N2O3S. The lowest BCUT2D eigenvalue weighted by Crippen LogP contribution is -2.20. The van der Waals surface area contributed by atoms with Gasteiger partial charge in [-0.1, -0.05) is 50.2 Å². The largest absolute Gasteiger partial charge is 0.494 e. The monoisotopic (exact) mass is 476 g/mol. The van der Waals surface area contributed by atoms with Crippen LogP contribution in [0.1, 0.15) is 37.3 Å². The van der Waals surface area contributed by atoms with E-state index >= 15 is 0 Å². The molecule has 0 unspecified atom stereocenters. The van der Waals surface area contributed by atoms with Crippen LogP contribution in [0.5, 0.6) is 5.75 Å². The van der Waals surface area contributed by atoms with Gasteiger partial charge >= 0.3 is 0 Å². The van der Waals surface area contributed by atoms with Crippen molar-refractivity contribution in [3.05, 3.63) is 96.3 Å². The van der Waals surface area contributed by atoms with Gasteiger partial charge in [0.05, 0.1) is 17.0 Å². The molecule has 1 N–H and O–H groups in total. The Bertz CT molecular complexity index is 1310. The van der Waals surface area contributed by atoms with Crippen molar-refractivity contribution in [3.63, 3.8) is 0 Å². The number of nitrogens with zero attached hydrogens (tertiary/aromatic N) is 1. The number of hydrogen-bond acceptors (Lipinski definition) is 4. The smallest absolute Gasteiger partial charge is 0.209 e. The number of aromatic nitrogens is 1. The predicted molar refractivity (Wildman–Crippen MR) is 137 cm³/mol. The van der Waals surface area contributed by atoms with E-state index < -0.39 is 9.84 Å². The first kappa shape index (κ1) is 24.0. The van der Waals surface area contributed by atoms with Crippen LogP contribution in [0.4, 0.5) is 0 Å². The maximum atomic E-state index is 13.5. The Morgan fingerprint density at radius 1 is 0.912 bits per heavy atom. The summed E-state index contributed by atoms with van der Waals surface area (Å²) in [6.45, 7) is 6.41. The number of nitrogens with one attached hydrogen (secondary N) is 1. The molecule has 5 nitrogen and oxygen atoms in total. The molecule has 34 heavy (non-hydrogen) atoms. The fraction of sp³-hybridized carbons (Fsp3) is 0.286. The van der Waals surface area contributed by atoms with Crippen LogP contribution in [-0.4, -0.2) is 32.5 Å². The third kappa shape index (κ3) is 5.51. The van der Waals surface area contributed by atoms with E-state index in [1.165, 1.54) is 5.56 Å². The quantitative estimate of drug-likeness (QED) is 0.291. The topological polar surface area (TPSA) is 59.8 Å². The zero-order valence-corrected chi connectivity index (χ0v) is 20.6. The summed E-state index contributed by atoms with van der Waals surface area (Å²) in [4.78, 5) is 0.666. The normalized spacial score (nSPS) is 11.9. The summed E-state index contributed by atoms with van der Waals surface area (Å²) in [6.07, 6.45) is 5.68. The molecule has 2 heterocycles. The van der Waals surface area contributed by atoms with E-state index in [0.717, 1.165) is 31.5 Å². The molecule has 0 aliphatic carbocycles. The second-order valence-electron chi connectivity index (χ2n) is 8.72. The van der Waals surface area contributed by atoms with Gasteiger partial charge in [0, 0.05) is 12.4 Å². The molecule has 0 saturated carbocycles. The molecule has 0 amide bonds. The molecule has 2 aromatic carbocycles. The summed E-state index contributed by atoms with van der Waals surface area (Å²) in [5.41, 5.74) is 2.85. The Kier molecular flexibility index (Phi) is 7.70. The van der Waals surface area contributed by atoms with Crippen molar-refractivity contribution < 1.29 is 13.2 Å². The van der Waals surface area contributed by atoms with Gasteiger partial charge in [-0.15, -0.1) is 0 Å². The van der Waals surface area contributed by atoms with Crippen LogP contribution in [0.25, 0.3) is 5.52 Å². The lowest BCUT2D eigenvalue weighted by Gasteiger charge is -2.11. The maximum absolute atomic E-state index is 13.5. The minimum absolute atomic E-state index is 0.0913. The van der Waals surface area contributed by atoms with Crippen LogP contribution in [0, 0.1) is 0 Å². The fourth-order valence-corrected chi connectivity index (χ4v) is 5.82. The highest BCUT2D eigenvalue weighted by molar-refractivity contribution is 7.91. The van der Waals surface area contributed by atoms with Gasteiger partial charge in [-0.3, -0.25) is 0 Å². The predicted octanol–water partition coefficient (Wildman–Crippen LogP) is 5.50. The van der Waals surface area contributed by atoms with E-state index in [4.69, 9.17) is 4.74 Å². The van der Waals surface area contributed by atoms with E-state index in [9.17, 15) is 8.42 Å². The zero-order chi connectivity index (χ0) is 24.0. The molecule has 0 bridgehead atoms. The molecule has 4 aromatic rings. The highest BCUT2D eigenvalue weighted by Gasteiger charge is 2.27. The summed E-state index contributed by atoms with van der Waals surface area (Å²) in [6, 6.07) is 22.8. The van der Waals surface area contributed by atoms with Gasteiger partial charge in [0.25, 0.3) is 0 Å². The molecule has 4 rings (SSSR count). The third-order valence-electron chi connectivity index (χ3n) is 5.89. The molecule has 0 aliphatic rings. The molecule has 0 saturated heterocycles. The molecule has 0 fully saturated rings. The van der Waals surface area contributed by atoms with E-state index in [1.54, 1.807) is 24.3 Å². The average molecular weight is 477 g/mol. The zero-order valence-electron chi connectivity index (χ0n) is 19.8. The summed E-state index contributed by atoms with van der Waals surface area (Å²) < 4.78 is 34.8. The van der Waals surface area contributed by atoms with Crippen LogP contribution in [0.3, 0.4) is 0 Å². The van der Waals surface area contributed by atoms with Crippen LogP contribution >= 0.6 is 0 Å². The van der Waals surface area contributed by atoms with Gasteiger partial charge < -0.3 is 14.5 Å². The molecule has 2 aromatic heterocycles. The Balaban J connectivity index is 1.34. The first-order chi connectivity index (χ1) is 16.5. The summed E-state index contributed by atoms with van der Waals surface area (Å²) >= 11 is 0. The van der Waals surface area contributed by atoms with Gasteiger partial charge in [0.1, 0.15) is 10.6 Å². The van der Waals surface area contributed by atoms with Crippen molar-refractivity contribution in [2.75, 3.05) is 19.7 Å². The van der Waals surface area contributed by atoms with Crippen LogP contribution in [0.2, 0.25) is 0 Å². The Labute approximate surface area is 202 Å². The average Bonchev–Trinajstić information content (AvgIpc) is 3.25. The van der Waals surface area contributed by atoms with Crippen LogP contribution < -0.4 is 10.1 Å². The lowest BCUT2D eigenvalue weighted by molar-refractivity contribution is 0.308. The first-order valence-corrected chi connectivity index (χ1v) is 13.3. The highest BCUT2D eigenvalue weighted by Crippen LogP contribution is 2.34. The van der Waals surface area contributed by atoms with Gasteiger partial charge in [-0.05, 0) is 79.4 Å². The van der Waals surface area contributed by atoms with Gasteiger partial charge in [0.15, 0.2) is 0 Å². The third-order valence-corrected chi connectivity index (χ3v) is 7.76. The summed E-state index contributed by atoms with van der Waals surface area (Å²) in [5, 5.41) is 3.43. The number of ether oxygens (including phenoxy) is 1. The Morgan fingerprint density at radius 2 is 1.65 bits per heavy atom. The fourth-order valence-electron chi connectivity index (χ4n) is 4.04. The molecule has 6 heteroatoms. The van der Waals surface area contributed by atoms with Gasteiger partial charge in [-0.2, -0.15) is 0 Å². The second-order valence-corrected chi connectivity index (χ2v) is 10.6. The van der Waals surface area contributed by atoms with Crippen molar-refractivity contribution in [2.45, 2.75) is 42.4 Å². The minimum Gasteiger partial charge on any atom is -0.494 e. The molecular weight excluding hydrogens is 444 g/mol. The molecule has 0 radical (unpaired) electrons. The Hall–Kier alpha value is -3.09. The SMILES string of the molecule is CC(C)c1cn2ccccc2c1S(=O)(=O)c1ccc(OCCCNCCc2ccccc2)cc1. The lowest BCUT2D eigenvalue weighted by atomic mass is 10.1. The molecule has 0 atom stereocenters. The van der Waals surface area contributed by atoms with Crippen molar-refractivity contribution >= 4 is 15.4 Å². The number of sulfone groups is 1.